The second-order valence-corrected chi connectivity index (χ2v) is 8.03. The van der Waals surface area contributed by atoms with Gasteiger partial charge in [0, 0.05) is 49.6 Å². The Kier molecular flexibility index (Phi) is 5.48. The Bertz CT molecular complexity index is 1150. The van der Waals surface area contributed by atoms with Crippen molar-refractivity contribution in [3.8, 4) is 0 Å². The lowest BCUT2D eigenvalue weighted by molar-refractivity contribution is 0.639. The molecule has 0 radical (unpaired) electrons. The van der Waals surface area contributed by atoms with Gasteiger partial charge in [-0.25, -0.2) is 4.98 Å². The summed E-state index contributed by atoms with van der Waals surface area (Å²) >= 11 is 0. The first-order valence-electron chi connectivity index (χ1n) is 11.0. The number of hydrogen-bond donors (Lipinski definition) is 0. The van der Waals surface area contributed by atoms with Crippen LogP contribution in [0.3, 0.4) is 0 Å². The van der Waals surface area contributed by atoms with E-state index in [4.69, 9.17) is 0 Å². The summed E-state index contributed by atoms with van der Waals surface area (Å²) in [6, 6.07) is 23.3. The van der Waals surface area contributed by atoms with E-state index >= 15 is 0 Å². The highest BCUT2D eigenvalue weighted by molar-refractivity contribution is 5.93. The lowest BCUT2D eigenvalue weighted by Gasteiger charge is -2.36. The van der Waals surface area contributed by atoms with Gasteiger partial charge in [-0.2, -0.15) is 5.10 Å². The largest absolute Gasteiger partial charge is 0.353 e. The Hall–Kier alpha value is -3.47. The molecule has 2 aromatic heterocycles. The quantitative estimate of drug-likeness (QED) is 0.485. The molecule has 0 amide bonds. The van der Waals surface area contributed by atoms with E-state index in [2.05, 4.69) is 92.6 Å². The Labute approximate surface area is 183 Å². The lowest BCUT2D eigenvalue weighted by atomic mass is 10.0. The molecule has 3 heterocycles. The summed E-state index contributed by atoms with van der Waals surface area (Å²) in [4.78, 5) is 9.37. The number of piperazine rings is 1. The lowest BCUT2D eigenvalue weighted by Crippen LogP contribution is -2.47. The smallest absolute Gasteiger partial charge is 0.159 e. The van der Waals surface area contributed by atoms with Gasteiger partial charge in [0.2, 0.25) is 0 Å². The van der Waals surface area contributed by atoms with Crippen molar-refractivity contribution < 1.29 is 0 Å². The Balaban J connectivity index is 1.36. The molecule has 1 saturated heterocycles. The molecule has 1 aliphatic heterocycles. The van der Waals surface area contributed by atoms with E-state index in [0.29, 0.717) is 0 Å². The van der Waals surface area contributed by atoms with Crippen molar-refractivity contribution in [2.75, 3.05) is 36.0 Å². The molecule has 0 N–H and O–H groups in total. The van der Waals surface area contributed by atoms with Crippen LogP contribution in [0.15, 0.2) is 72.9 Å². The number of rotatable bonds is 5. The maximum Gasteiger partial charge on any atom is 0.159 e. The molecule has 0 bridgehead atoms. The highest BCUT2D eigenvalue weighted by atomic mass is 15.3. The summed E-state index contributed by atoms with van der Waals surface area (Å²) in [7, 11) is 0. The standard InChI is InChI=1S/C26H27N5/c1-2-20-12-13-25(27-19-20)30-14-16-31(17-15-30)26-23-11-7-6-10-22(23)24(28-29-26)18-21-8-4-3-5-9-21/h3-13,19H,2,14-18H2,1H3. The molecule has 4 aromatic rings. The van der Waals surface area contributed by atoms with Crippen LogP contribution >= 0.6 is 0 Å². The zero-order valence-electron chi connectivity index (χ0n) is 17.9. The minimum atomic E-state index is 0.793. The minimum Gasteiger partial charge on any atom is -0.353 e. The average Bonchev–Trinajstić information content (AvgIpc) is 2.85. The van der Waals surface area contributed by atoms with Gasteiger partial charge in [-0.1, -0.05) is 67.6 Å². The third kappa shape index (κ3) is 4.08. The zero-order valence-corrected chi connectivity index (χ0v) is 17.9. The van der Waals surface area contributed by atoms with E-state index in [1.165, 1.54) is 21.9 Å². The maximum absolute atomic E-state index is 4.69. The number of aromatic nitrogens is 3. The number of fused-ring (bicyclic) bond motifs is 1. The topological polar surface area (TPSA) is 45.2 Å². The van der Waals surface area contributed by atoms with Gasteiger partial charge in [-0.05, 0) is 23.6 Å². The Morgan fingerprint density at radius 1 is 0.710 bits per heavy atom. The summed E-state index contributed by atoms with van der Waals surface area (Å²) in [5.41, 5.74) is 3.56. The normalized spacial score (nSPS) is 14.2. The molecule has 0 unspecified atom stereocenters. The molecule has 5 rings (SSSR count). The molecule has 5 heteroatoms. The SMILES string of the molecule is CCc1ccc(N2CCN(c3nnc(Cc4ccccc4)c4ccccc34)CC2)nc1. The molecule has 0 saturated carbocycles. The van der Waals surface area contributed by atoms with Crippen LogP contribution in [0.25, 0.3) is 10.8 Å². The van der Waals surface area contributed by atoms with E-state index in [-0.39, 0.29) is 0 Å². The molecule has 1 fully saturated rings. The van der Waals surface area contributed by atoms with E-state index < -0.39 is 0 Å². The first-order chi connectivity index (χ1) is 15.3. The van der Waals surface area contributed by atoms with Gasteiger partial charge in [0.1, 0.15) is 5.82 Å². The predicted octanol–water partition coefficient (Wildman–Crippen LogP) is 4.50. The third-order valence-electron chi connectivity index (χ3n) is 6.08. The van der Waals surface area contributed by atoms with E-state index in [9.17, 15) is 0 Å². The fourth-order valence-corrected chi connectivity index (χ4v) is 4.26. The van der Waals surface area contributed by atoms with Crippen LogP contribution in [0.5, 0.6) is 0 Å². The van der Waals surface area contributed by atoms with Crippen LogP contribution in [0, 0.1) is 0 Å². The molecular formula is C26H27N5. The van der Waals surface area contributed by atoms with E-state index in [0.717, 1.165) is 56.4 Å². The van der Waals surface area contributed by atoms with Crippen molar-refractivity contribution in [2.45, 2.75) is 19.8 Å². The van der Waals surface area contributed by atoms with Gasteiger partial charge in [-0.3, -0.25) is 0 Å². The number of benzene rings is 2. The predicted molar refractivity (Wildman–Crippen MR) is 127 cm³/mol. The molecular weight excluding hydrogens is 382 g/mol. The Morgan fingerprint density at radius 2 is 1.42 bits per heavy atom. The zero-order chi connectivity index (χ0) is 21.0. The fourth-order valence-electron chi connectivity index (χ4n) is 4.26. The molecule has 1 aliphatic rings. The van der Waals surface area contributed by atoms with Crippen molar-refractivity contribution in [3.63, 3.8) is 0 Å². The van der Waals surface area contributed by atoms with Gasteiger partial charge in [0.25, 0.3) is 0 Å². The molecule has 0 aliphatic carbocycles. The van der Waals surface area contributed by atoms with E-state index in [1.807, 2.05) is 12.3 Å². The van der Waals surface area contributed by atoms with Crippen LogP contribution < -0.4 is 9.80 Å². The van der Waals surface area contributed by atoms with Crippen LogP contribution in [-0.4, -0.2) is 41.4 Å². The van der Waals surface area contributed by atoms with Crippen LogP contribution in [0.4, 0.5) is 11.6 Å². The molecule has 156 valence electrons. The van der Waals surface area contributed by atoms with Gasteiger partial charge < -0.3 is 9.80 Å². The summed E-state index contributed by atoms with van der Waals surface area (Å²) < 4.78 is 0. The van der Waals surface area contributed by atoms with Crippen LogP contribution in [-0.2, 0) is 12.8 Å². The highest BCUT2D eigenvalue weighted by Crippen LogP contribution is 2.28. The minimum absolute atomic E-state index is 0.793. The summed E-state index contributed by atoms with van der Waals surface area (Å²) in [6.45, 7) is 5.84. The molecule has 0 atom stereocenters. The number of nitrogens with zero attached hydrogens (tertiary/aromatic N) is 5. The second kappa shape index (κ2) is 8.72. The Morgan fingerprint density at radius 3 is 2.13 bits per heavy atom. The summed E-state index contributed by atoms with van der Waals surface area (Å²) in [6.07, 6.45) is 3.81. The summed E-state index contributed by atoms with van der Waals surface area (Å²) in [5.74, 6) is 2.05. The highest BCUT2D eigenvalue weighted by Gasteiger charge is 2.22. The molecule has 31 heavy (non-hydrogen) atoms. The van der Waals surface area contributed by atoms with Crippen molar-refractivity contribution in [3.05, 3.63) is 89.7 Å². The first kappa shape index (κ1) is 19.5. The average molecular weight is 410 g/mol. The molecule has 5 nitrogen and oxygen atoms in total. The van der Waals surface area contributed by atoms with Gasteiger partial charge in [0.05, 0.1) is 5.69 Å². The van der Waals surface area contributed by atoms with Crippen molar-refractivity contribution >= 4 is 22.4 Å². The maximum atomic E-state index is 4.69. The van der Waals surface area contributed by atoms with Crippen LogP contribution in [0.2, 0.25) is 0 Å². The first-order valence-corrected chi connectivity index (χ1v) is 11.0. The van der Waals surface area contributed by atoms with Gasteiger partial charge >= 0.3 is 0 Å². The fraction of sp³-hybridized carbons (Fsp3) is 0.269. The number of hydrogen-bond acceptors (Lipinski definition) is 5. The number of anilines is 2. The van der Waals surface area contributed by atoms with Crippen LogP contribution in [0.1, 0.15) is 23.7 Å². The second-order valence-electron chi connectivity index (χ2n) is 8.03. The van der Waals surface area contributed by atoms with Gasteiger partial charge in [-0.15, -0.1) is 5.10 Å². The van der Waals surface area contributed by atoms with Gasteiger partial charge in [0.15, 0.2) is 5.82 Å². The number of pyridine rings is 1. The van der Waals surface area contributed by atoms with Crippen molar-refractivity contribution in [1.29, 1.82) is 0 Å². The van der Waals surface area contributed by atoms with E-state index in [1.54, 1.807) is 0 Å². The summed E-state index contributed by atoms with van der Waals surface area (Å²) in [5, 5.41) is 11.7. The van der Waals surface area contributed by atoms with Crippen molar-refractivity contribution in [2.24, 2.45) is 0 Å². The monoisotopic (exact) mass is 409 g/mol. The van der Waals surface area contributed by atoms with Crippen molar-refractivity contribution in [1.82, 2.24) is 15.2 Å². The molecule has 2 aromatic carbocycles. The number of aryl methyl sites for hydroxylation is 1. The molecule has 0 spiro atoms. The third-order valence-corrected chi connectivity index (χ3v) is 6.08.